The Morgan fingerprint density at radius 2 is 2.12 bits per heavy atom. The lowest BCUT2D eigenvalue weighted by atomic mass is 10.2. The van der Waals surface area contributed by atoms with E-state index in [9.17, 15) is 0 Å². The molecule has 4 heteroatoms. The van der Waals surface area contributed by atoms with Crippen LogP contribution in [-0.2, 0) is 6.54 Å². The highest BCUT2D eigenvalue weighted by Gasteiger charge is 2.11. The maximum atomic E-state index is 6.14. The van der Waals surface area contributed by atoms with Gasteiger partial charge >= 0.3 is 0 Å². The minimum Gasteiger partial charge on any atom is -0.373 e. The quantitative estimate of drug-likeness (QED) is 0.859. The van der Waals surface area contributed by atoms with Crippen LogP contribution in [0.1, 0.15) is 26.5 Å². The molecule has 0 aromatic carbocycles. The van der Waals surface area contributed by atoms with Gasteiger partial charge in [-0.3, -0.25) is 4.90 Å². The Morgan fingerprint density at radius 1 is 1.44 bits per heavy atom. The minimum atomic E-state index is 0.501. The van der Waals surface area contributed by atoms with Crippen molar-refractivity contribution in [2.75, 3.05) is 18.9 Å². The summed E-state index contributed by atoms with van der Waals surface area (Å²) < 4.78 is 0. The molecule has 3 nitrogen and oxygen atoms in total. The van der Waals surface area contributed by atoms with Gasteiger partial charge in [-0.05, 0) is 32.5 Å². The van der Waals surface area contributed by atoms with Crippen molar-refractivity contribution in [3.8, 4) is 0 Å². The number of rotatable bonds is 5. The van der Waals surface area contributed by atoms with Crippen molar-refractivity contribution in [2.24, 2.45) is 0 Å². The van der Waals surface area contributed by atoms with E-state index in [-0.39, 0.29) is 0 Å². The predicted octanol–water partition coefficient (Wildman–Crippen LogP) is 3.01. The van der Waals surface area contributed by atoms with Crippen molar-refractivity contribution < 1.29 is 0 Å². The van der Waals surface area contributed by atoms with Crippen LogP contribution in [0, 0.1) is 0 Å². The molecule has 0 saturated carbocycles. The van der Waals surface area contributed by atoms with Crippen molar-refractivity contribution in [3.05, 3.63) is 22.8 Å². The Kier molecular flexibility index (Phi) is 5.03. The van der Waals surface area contributed by atoms with Gasteiger partial charge in [0.1, 0.15) is 5.82 Å². The van der Waals surface area contributed by atoms with Crippen LogP contribution >= 0.6 is 11.6 Å². The lowest BCUT2D eigenvalue weighted by molar-refractivity contribution is 0.222. The number of pyridine rings is 1. The first kappa shape index (κ1) is 13.3. The van der Waals surface area contributed by atoms with E-state index in [1.165, 1.54) is 0 Å². The van der Waals surface area contributed by atoms with Crippen molar-refractivity contribution in [1.29, 1.82) is 0 Å². The number of nitrogens with zero attached hydrogens (tertiary/aromatic N) is 2. The Balaban J connectivity index is 2.86. The molecule has 90 valence electrons. The average molecular weight is 242 g/mol. The van der Waals surface area contributed by atoms with Crippen LogP contribution in [0.5, 0.6) is 0 Å². The number of halogens is 1. The summed E-state index contributed by atoms with van der Waals surface area (Å²) in [5.74, 6) is 0.860. The molecule has 0 radical (unpaired) electrons. The second-order valence-electron chi connectivity index (χ2n) is 4.03. The molecular weight excluding hydrogens is 222 g/mol. The fourth-order valence-corrected chi connectivity index (χ4v) is 1.75. The summed E-state index contributed by atoms with van der Waals surface area (Å²) in [7, 11) is 1.86. The number of hydrogen-bond acceptors (Lipinski definition) is 3. The van der Waals surface area contributed by atoms with Gasteiger partial charge in [0.05, 0.1) is 10.7 Å². The van der Waals surface area contributed by atoms with Crippen LogP contribution < -0.4 is 5.32 Å². The van der Waals surface area contributed by atoms with E-state index in [0.29, 0.717) is 6.04 Å². The number of aromatic nitrogens is 1. The molecule has 0 aliphatic heterocycles. The molecule has 0 saturated heterocycles. The highest BCUT2D eigenvalue weighted by Crippen LogP contribution is 2.18. The smallest absolute Gasteiger partial charge is 0.126 e. The van der Waals surface area contributed by atoms with Crippen molar-refractivity contribution >= 4 is 17.4 Å². The Bertz CT molecular complexity index is 339. The summed E-state index contributed by atoms with van der Waals surface area (Å²) in [6.07, 6.45) is 0. The molecule has 0 atom stereocenters. The van der Waals surface area contributed by atoms with Gasteiger partial charge in [-0.1, -0.05) is 18.5 Å². The molecule has 1 heterocycles. The summed E-state index contributed by atoms with van der Waals surface area (Å²) in [5, 5.41) is 3.76. The molecule has 0 bridgehead atoms. The topological polar surface area (TPSA) is 28.2 Å². The molecule has 0 spiro atoms. The Labute approximate surface area is 103 Å². The van der Waals surface area contributed by atoms with Gasteiger partial charge in [-0.25, -0.2) is 4.98 Å². The van der Waals surface area contributed by atoms with E-state index in [1.54, 1.807) is 0 Å². The molecule has 0 aliphatic carbocycles. The SMILES string of the molecule is CCN(Cc1nc(NC)ccc1Cl)C(C)C. The number of anilines is 1. The molecule has 0 fully saturated rings. The molecule has 1 aromatic heterocycles. The van der Waals surface area contributed by atoms with E-state index in [4.69, 9.17) is 11.6 Å². The molecule has 1 N–H and O–H groups in total. The number of nitrogens with one attached hydrogen (secondary N) is 1. The van der Waals surface area contributed by atoms with Crippen molar-refractivity contribution in [1.82, 2.24) is 9.88 Å². The Hall–Kier alpha value is -0.800. The van der Waals surface area contributed by atoms with Gasteiger partial charge in [0, 0.05) is 19.6 Å². The summed E-state index contributed by atoms with van der Waals surface area (Å²) in [4.78, 5) is 6.80. The minimum absolute atomic E-state index is 0.501. The first-order valence-electron chi connectivity index (χ1n) is 5.65. The first-order valence-corrected chi connectivity index (χ1v) is 6.03. The number of hydrogen-bond donors (Lipinski definition) is 1. The van der Waals surface area contributed by atoms with Crippen LogP contribution in [0.15, 0.2) is 12.1 Å². The van der Waals surface area contributed by atoms with Gasteiger partial charge in [0.15, 0.2) is 0 Å². The highest BCUT2D eigenvalue weighted by atomic mass is 35.5. The van der Waals surface area contributed by atoms with Gasteiger partial charge in [-0.15, -0.1) is 0 Å². The van der Waals surface area contributed by atoms with E-state index in [2.05, 4.69) is 36.0 Å². The molecule has 0 amide bonds. The van der Waals surface area contributed by atoms with Gasteiger partial charge in [-0.2, -0.15) is 0 Å². The summed E-state index contributed by atoms with van der Waals surface area (Å²) in [5.41, 5.74) is 0.934. The van der Waals surface area contributed by atoms with E-state index >= 15 is 0 Å². The van der Waals surface area contributed by atoms with E-state index < -0.39 is 0 Å². The summed E-state index contributed by atoms with van der Waals surface area (Å²) in [6, 6.07) is 4.28. The van der Waals surface area contributed by atoms with Crippen molar-refractivity contribution in [3.63, 3.8) is 0 Å². The van der Waals surface area contributed by atoms with E-state index in [1.807, 2.05) is 19.2 Å². The summed E-state index contributed by atoms with van der Waals surface area (Å²) >= 11 is 6.14. The largest absolute Gasteiger partial charge is 0.373 e. The second kappa shape index (κ2) is 6.06. The third-order valence-corrected chi connectivity index (χ3v) is 3.01. The molecule has 1 aromatic rings. The zero-order valence-electron chi connectivity index (χ0n) is 10.4. The van der Waals surface area contributed by atoms with Crippen LogP contribution in [0.3, 0.4) is 0 Å². The van der Waals surface area contributed by atoms with Gasteiger partial charge in [0.25, 0.3) is 0 Å². The third-order valence-electron chi connectivity index (χ3n) is 2.66. The van der Waals surface area contributed by atoms with Crippen molar-refractivity contribution in [2.45, 2.75) is 33.4 Å². The van der Waals surface area contributed by atoms with E-state index in [0.717, 1.165) is 29.6 Å². The molecule has 1 rings (SSSR count). The maximum absolute atomic E-state index is 6.14. The average Bonchev–Trinajstić information content (AvgIpc) is 2.27. The predicted molar refractivity (Wildman–Crippen MR) is 70.0 cm³/mol. The molecule has 16 heavy (non-hydrogen) atoms. The lowest BCUT2D eigenvalue weighted by Gasteiger charge is -2.24. The van der Waals surface area contributed by atoms with Crippen LogP contribution in [0.4, 0.5) is 5.82 Å². The molecule has 0 aliphatic rings. The summed E-state index contributed by atoms with van der Waals surface area (Å²) in [6.45, 7) is 8.30. The molecule has 0 unspecified atom stereocenters. The highest BCUT2D eigenvalue weighted by molar-refractivity contribution is 6.31. The molecular formula is C12H20ClN3. The van der Waals surface area contributed by atoms with Gasteiger partial charge in [0.2, 0.25) is 0 Å². The maximum Gasteiger partial charge on any atom is 0.126 e. The van der Waals surface area contributed by atoms with Crippen LogP contribution in [0.2, 0.25) is 5.02 Å². The fraction of sp³-hybridized carbons (Fsp3) is 0.583. The zero-order valence-corrected chi connectivity index (χ0v) is 11.2. The lowest BCUT2D eigenvalue weighted by Crippen LogP contribution is -2.30. The van der Waals surface area contributed by atoms with Crippen LogP contribution in [0.25, 0.3) is 0 Å². The zero-order chi connectivity index (χ0) is 12.1. The third kappa shape index (κ3) is 3.35. The Morgan fingerprint density at radius 3 is 2.62 bits per heavy atom. The normalized spacial score (nSPS) is 11.2. The van der Waals surface area contributed by atoms with Gasteiger partial charge < -0.3 is 5.32 Å². The van der Waals surface area contributed by atoms with Crippen LogP contribution in [-0.4, -0.2) is 29.5 Å². The monoisotopic (exact) mass is 241 g/mol. The first-order chi connectivity index (χ1) is 7.58. The fourth-order valence-electron chi connectivity index (χ4n) is 1.59. The standard InChI is InChI=1S/C12H20ClN3/c1-5-16(9(2)3)8-11-10(13)6-7-12(14-4)15-11/h6-7,9H,5,8H2,1-4H3,(H,14,15). The second-order valence-corrected chi connectivity index (χ2v) is 4.44.